The average Bonchev–Trinajstić information content (AvgIpc) is 2.83. The smallest absolute Gasteiger partial charge is 0.0536 e. The van der Waals surface area contributed by atoms with Crippen LogP contribution in [0.4, 0.5) is 0 Å². The van der Waals surface area contributed by atoms with Gasteiger partial charge in [0.15, 0.2) is 0 Å². The van der Waals surface area contributed by atoms with Crippen LogP contribution in [0.1, 0.15) is 5.56 Å². The largest absolute Gasteiger partial charge is 0.360 e. The molecule has 0 bridgehead atoms. The van der Waals surface area contributed by atoms with Gasteiger partial charge in [0.2, 0.25) is 0 Å². The molecule has 2 aromatic carbocycles. The third-order valence-electron chi connectivity index (χ3n) is 3.20. The Morgan fingerprint density at radius 2 is 1.28 bits per heavy atom. The van der Waals surface area contributed by atoms with Crippen molar-refractivity contribution in [1.29, 1.82) is 0 Å². The summed E-state index contributed by atoms with van der Waals surface area (Å²) in [4.78, 5) is 3.39. The van der Waals surface area contributed by atoms with Gasteiger partial charge in [0.1, 0.15) is 0 Å². The maximum absolute atomic E-state index is 3.39. The van der Waals surface area contributed by atoms with Crippen LogP contribution in [0.15, 0.2) is 66.9 Å². The summed E-state index contributed by atoms with van der Waals surface area (Å²) in [6.07, 6.45) is 2.07. The molecule has 0 saturated carbocycles. The molecule has 3 aromatic rings. The molecular weight excluding hydrogens is 218 g/mol. The Labute approximate surface area is 107 Å². The minimum atomic E-state index is 1.19. The van der Waals surface area contributed by atoms with Crippen LogP contribution in [0.2, 0.25) is 0 Å². The average molecular weight is 233 g/mol. The van der Waals surface area contributed by atoms with Gasteiger partial charge in [-0.1, -0.05) is 60.7 Å². The van der Waals surface area contributed by atoms with Crippen molar-refractivity contribution in [3.05, 3.63) is 72.4 Å². The second-order valence-electron chi connectivity index (χ2n) is 4.45. The number of aryl methyl sites for hydroxylation is 1. The van der Waals surface area contributed by atoms with Crippen LogP contribution in [-0.4, -0.2) is 4.98 Å². The van der Waals surface area contributed by atoms with E-state index in [1.165, 1.54) is 27.9 Å². The molecule has 18 heavy (non-hydrogen) atoms. The zero-order chi connectivity index (χ0) is 12.4. The molecule has 88 valence electrons. The van der Waals surface area contributed by atoms with E-state index in [-0.39, 0.29) is 0 Å². The highest BCUT2D eigenvalue weighted by Gasteiger charge is 2.11. The van der Waals surface area contributed by atoms with Gasteiger partial charge in [-0.3, -0.25) is 0 Å². The third kappa shape index (κ3) is 1.84. The number of hydrogen-bond acceptors (Lipinski definition) is 0. The molecule has 0 fully saturated rings. The second kappa shape index (κ2) is 4.53. The molecule has 1 aromatic heterocycles. The molecule has 1 nitrogen and oxygen atoms in total. The monoisotopic (exact) mass is 233 g/mol. The molecule has 0 amide bonds. The second-order valence-corrected chi connectivity index (χ2v) is 4.45. The highest BCUT2D eigenvalue weighted by atomic mass is 14.7. The SMILES string of the molecule is Cc1c[nH]c(-c2ccccc2)c1-c1ccccc1. The minimum absolute atomic E-state index is 1.19. The molecule has 0 radical (unpaired) electrons. The maximum Gasteiger partial charge on any atom is 0.0536 e. The Bertz CT molecular complexity index is 636. The first kappa shape index (κ1) is 10.8. The molecule has 0 unspecified atom stereocenters. The van der Waals surface area contributed by atoms with Crippen LogP contribution in [0.25, 0.3) is 22.4 Å². The van der Waals surface area contributed by atoms with E-state index in [1.54, 1.807) is 0 Å². The summed E-state index contributed by atoms with van der Waals surface area (Å²) in [5.74, 6) is 0. The Balaban J connectivity index is 2.19. The fourth-order valence-electron chi connectivity index (χ4n) is 2.33. The molecule has 0 atom stereocenters. The first-order valence-electron chi connectivity index (χ1n) is 6.15. The molecule has 0 aliphatic carbocycles. The zero-order valence-electron chi connectivity index (χ0n) is 10.4. The third-order valence-corrected chi connectivity index (χ3v) is 3.20. The summed E-state index contributed by atoms with van der Waals surface area (Å²) in [6.45, 7) is 2.14. The van der Waals surface area contributed by atoms with Gasteiger partial charge < -0.3 is 4.98 Å². The van der Waals surface area contributed by atoms with Crippen molar-refractivity contribution in [2.24, 2.45) is 0 Å². The first-order valence-corrected chi connectivity index (χ1v) is 6.15. The quantitative estimate of drug-likeness (QED) is 0.662. The van der Waals surface area contributed by atoms with Gasteiger partial charge in [0, 0.05) is 11.8 Å². The Morgan fingerprint density at radius 3 is 1.89 bits per heavy atom. The molecule has 0 aliphatic heterocycles. The summed E-state index contributed by atoms with van der Waals surface area (Å²) in [7, 11) is 0. The normalized spacial score (nSPS) is 10.5. The van der Waals surface area contributed by atoms with Gasteiger partial charge in [-0.2, -0.15) is 0 Å². The van der Waals surface area contributed by atoms with Gasteiger partial charge in [0.25, 0.3) is 0 Å². The number of aromatic nitrogens is 1. The van der Waals surface area contributed by atoms with E-state index in [1.807, 2.05) is 12.1 Å². The van der Waals surface area contributed by atoms with Gasteiger partial charge in [-0.05, 0) is 23.6 Å². The van der Waals surface area contributed by atoms with E-state index < -0.39 is 0 Å². The van der Waals surface area contributed by atoms with Gasteiger partial charge in [-0.15, -0.1) is 0 Å². The summed E-state index contributed by atoms with van der Waals surface area (Å²) >= 11 is 0. The number of H-pyrrole nitrogens is 1. The Hall–Kier alpha value is -2.28. The van der Waals surface area contributed by atoms with Gasteiger partial charge >= 0.3 is 0 Å². The van der Waals surface area contributed by atoms with Crippen LogP contribution in [0, 0.1) is 6.92 Å². The van der Waals surface area contributed by atoms with Crippen molar-refractivity contribution in [2.75, 3.05) is 0 Å². The number of aromatic amines is 1. The predicted octanol–water partition coefficient (Wildman–Crippen LogP) is 4.66. The number of benzene rings is 2. The lowest BCUT2D eigenvalue weighted by atomic mass is 9.99. The molecule has 0 spiro atoms. The van der Waals surface area contributed by atoms with Crippen molar-refractivity contribution in [3.63, 3.8) is 0 Å². The minimum Gasteiger partial charge on any atom is -0.360 e. The fraction of sp³-hybridized carbons (Fsp3) is 0.0588. The van der Waals surface area contributed by atoms with Gasteiger partial charge in [0.05, 0.1) is 5.69 Å². The van der Waals surface area contributed by atoms with Crippen molar-refractivity contribution in [2.45, 2.75) is 6.92 Å². The van der Waals surface area contributed by atoms with E-state index in [0.717, 1.165) is 0 Å². The van der Waals surface area contributed by atoms with Crippen molar-refractivity contribution in [1.82, 2.24) is 4.98 Å². The molecule has 0 aliphatic rings. The topological polar surface area (TPSA) is 15.8 Å². The highest BCUT2D eigenvalue weighted by molar-refractivity contribution is 5.83. The number of hydrogen-bond donors (Lipinski definition) is 1. The van der Waals surface area contributed by atoms with E-state index in [4.69, 9.17) is 0 Å². The number of rotatable bonds is 2. The lowest BCUT2D eigenvalue weighted by Crippen LogP contribution is -1.83. The lowest BCUT2D eigenvalue weighted by Gasteiger charge is -2.06. The number of nitrogens with one attached hydrogen (secondary N) is 1. The van der Waals surface area contributed by atoms with E-state index >= 15 is 0 Å². The molecular formula is C17H15N. The zero-order valence-corrected chi connectivity index (χ0v) is 10.4. The van der Waals surface area contributed by atoms with Crippen molar-refractivity contribution in [3.8, 4) is 22.4 Å². The summed E-state index contributed by atoms with van der Waals surface area (Å²) < 4.78 is 0. The van der Waals surface area contributed by atoms with Gasteiger partial charge in [-0.25, -0.2) is 0 Å². The summed E-state index contributed by atoms with van der Waals surface area (Å²) in [5.41, 5.74) is 6.25. The molecule has 1 heteroatoms. The fourth-order valence-corrected chi connectivity index (χ4v) is 2.33. The van der Waals surface area contributed by atoms with E-state index in [0.29, 0.717) is 0 Å². The molecule has 3 rings (SSSR count). The van der Waals surface area contributed by atoms with Crippen LogP contribution in [-0.2, 0) is 0 Å². The van der Waals surface area contributed by atoms with E-state index in [9.17, 15) is 0 Å². The van der Waals surface area contributed by atoms with Crippen molar-refractivity contribution >= 4 is 0 Å². The highest BCUT2D eigenvalue weighted by Crippen LogP contribution is 2.33. The van der Waals surface area contributed by atoms with E-state index in [2.05, 4.69) is 66.6 Å². The Kier molecular flexibility index (Phi) is 2.73. The molecule has 0 saturated heterocycles. The van der Waals surface area contributed by atoms with Crippen LogP contribution < -0.4 is 0 Å². The standard InChI is InChI=1S/C17H15N/c1-13-12-18-17(15-10-6-3-7-11-15)16(13)14-8-4-2-5-9-14/h2-12,18H,1H3. The van der Waals surface area contributed by atoms with Crippen molar-refractivity contribution < 1.29 is 0 Å². The predicted molar refractivity (Wildman–Crippen MR) is 76.4 cm³/mol. The molecule has 1 heterocycles. The first-order chi connectivity index (χ1) is 8.86. The summed E-state index contributed by atoms with van der Waals surface area (Å²) in [6, 6.07) is 21.0. The van der Waals surface area contributed by atoms with Crippen LogP contribution in [0.3, 0.4) is 0 Å². The van der Waals surface area contributed by atoms with Crippen LogP contribution in [0.5, 0.6) is 0 Å². The molecule has 1 N–H and O–H groups in total. The Morgan fingerprint density at radius 1 is 0.722 bits per heavy atom. The van der Waals surface area contributed by atoms with Crippen LogP contribution >= 0.6 is 0 Å². The lowest BCUT2D eigenvalue weighted by molar-refractivity contribution is 1.38. The maximum atomic E-state index is 3.39. The summed E-state index contributed by atoms with van der Waals surface area (Å²) in [5, 5.41) is 0.